The summed E-state index contributed by atoms with van der Waals surface area (Å²) in [6, 6.07) is 17.3. The van der Waals surface area contributed by atoms with Gasteiger partial charge in [0, 0.05) is 41.2 Å². The van der Waals surface area contributed by atoms with Crippen LogP contribution in [0.15, 0.2) is 65.6 Å². The number of carbonyl (C=O) groups is 2. The van der Waals surface area contributed by atoms with E-state index >= 15 is 0 Å². The molecule has 0 radical (unpaired) electrons. The summed E-state index contributed by atoms with van der Waals surface area (Å²) < 4.78 is 29.7. The molecule has 0 bridgehead atoms. The van der Waals surface area contributed by atoms with E-state index in [2.05, 4.69) is 26.0 Å². The Bertz CT molecular complexity index is 1380. The van der Waals surface area contributed by atoms with Crippen molar-refractivity contribution in [3.8, 4) is 0 Å². The third-order valence-electron chi connectivity index (χ3n) is 6.49. The second-order valence-corrected chi connectivity index (χ2v) is 11.1. The van der Waals surface area contributed by atoms with Crippen molar-refractivity contribution in [1.29, 1.82) is 0 Å². The topological polar surface area (TPSA) is 95.6 Å². The maximum Gasteiger partial charge on any atom is 0.255 e. The van der Waals surface area contributed by atoms with Gasteiger partial charge in [-0.15, -0.1) is 0 Å². The molecule has 7 nitrogen and oxygen atoms in total. The van der Waals surface area contributed by atoms with Gasteiger partial charge in [-0.3, -0.25) is 9.59 Å². The van der Waals surface area contributed by atoms with Gasteiger partial charge in [0.2, 0.25) is 15.9 Å². The number of likely N-dealkylation sites (tertiary alicyclic amines) is 1. The summed E-state index contributed by atoms with van der Waals surface area (Å²) in [4.78, 5) is 26.8. The van der Waals surface area contributed by atoms with E-state index in [1.165, 1.54) is 6.07 Å². The predicted octanol–water partition coefficient (Wildman–Crippen LogP) is 4.31. The van der Waals surface area contributed by atoms with Crippen molar-refractivity contribution in [3.05, 3.63) is 71.8 Å². The van der Waals surface area contributed by atoms with Gasteiger partial charge in [-0.1, -0.05) is 65.3 Å². The van der Waals surface area contributed by atoms with E-state index in [4.69, 9.17) is 0 Å². The Labute approximate surface area is 214 Å². The summed E-state index contributed by atoms with van der Waals surface area (Å²) in [6.45, 7) is 4.83. The highest BCUT2D eigenvalue weighted by Gasteiger charge is 2.32. The lowest BCUT2D eigenvalue weighted by Crippen LogP contribution is -2.51. The van der Waals surface area contributed by atoms with Crippen molar-refractivity contribution >= 4 is 54.2 Å². The average molecular weight is 558 g/mol. The highest BCUT2D eigenvalue weighted by atomic mass is 79.9. The van der Waals surface area contributed by atoms with Crippen molar-refractivity contribution < 1.29 is 18.0 Å². The van der Waals surface area contributed by atoms with Crippen LogP contribution in [-0.2, 0) is 14.8 Å². The van der Waals surface area contributed by atoms with Crippen LogP contribution >= 0.6 is 15.9 Å². The number of hydrogen-bond acceptors (Lipinski definition) is 4. The Morgan fingerprint density at radius 2 is 1.71 bits per heavy atom. The molecule has 9 heteroatoms. The number of aryl methyl sites for hydroxylation is 1. The maximum absolute atomic E-state index is 13.4. The van der Waals surface area contributed by atoms with Crippen LogP contribution in [0.5, 0.6) is 0 Å². The van der Waals surface area contributed by atoms with Crippen molar-refractivity contribution in [3.63, 3.8) is 0 Å². The molecule has 1 heterocycles. The molecule has 0 aromatic heterocycles. The zero-order chi connectivity index (χ0) is 25.2. The number of piperidine rings is 1. The number of sulfonamides is 1. The fraction of sp³-hybridized carbons (Fsp3) is 0.308. The number of hydrogen-bond donors (Lipinski definition) is 2. The van der Waals surface area contributed by atoms with Gasteiger partial charge in [0.15, 0.2) is 0 Å². The predicted molar refractivity (Wildman–Crippen MR) is 141 cm³/mol. The molecule has 1 fully saturated rings. The Kier molecular flexibility index (Phi) is 7.59. The summed E-state index contributed by atoms with van der Waals surface area (Å²) >= 11 is 3.20. The Balaban J connectivity index is 1.60. The molecule has 1 aliphatic heterocycles. The molecule has 1 saturated heterocycles. The van der Waals surface area contributed by atoms with E-state index in [1.54, 1.807) is 35.2 Å². The first kappa shape index (κ1) is 25.3. The van der Waals surface area contributed by atoms with Crippen LogP contribution in [0.1, 0.15) is 29.3 Å². The molecule has 0 aliphatic carbocycles. The van der Waals surface area contributed by atoms with E-state index in [0.717, 1.165) is 5.56 Å². The minimum Gasteiger partial charge on any atom is -0.342 e. The highest BCUT2D eigenvalue weighted by Crippen LogP contribution is 2.31. The fourth-order valence-corrected chi connectivity index (χ4v) is 6.47. The van der Waals surface area contributed by atoms with Crippen molar-refractivity contribution in [2.45, 2.75) is 31.2 Å². The molecule has 3 aromatic rings. The number of carbonyl (C=O) groups excluding carboxylic acids is 2. The van der Waals surface area contributed by atoms with Gasteiger partial charge in [0.05, 0.1) is 10.2 Å². The van der Waals surface area contributed by atoms with Crippen LogP contribution in [0.3, 0.4) is 0 Å². The summed E-state index contributed by atoms with van der Waals surface area (Å²) in [5, 5.41) is 4.36. The number of halogens is 1. The first-order valence-corrected chi connectivity index (χ1v) is 14.1. The standard InChI is InChI=1S/C26H28BrN3O4S/c1-17-7-3-4-8-19(17)26(32)28-23-11-12-24(21-10-6-5-9-20(21)23)35(33,34)29-22-13-14-30(16-18(22)2)25(31)15-27/h3-12,18,22,29H,13-16H2,1-2H3,(H,28,32)/t18-,22+/m0/s1. The molecule has 1 aliphatic rings. The summed E-state index contributed by atoms with van der Waals surface area (Å²) in [5.41, 5.74) is 1.96. The molecule has 35 heavy (non-hydrogen) atoms. The normalized spacial score (nSPS) is 18.4. The number of fused-ring (bicyclic) bond motifs is 1. The summed E-state index contributed by atoms with van der Waals surface area (Å²) in [6.07, 6.45) is 0.543. The molecular formula is C26H28BrN3O4S. The van der Waals surface area contributed by atoms with Gasteiger partial charge in [0.1, 0.15) is 0 Å². The number of nitrogens with one attached hydrogen (secondary N) is 2. The molecule has 184 valence electrons. The van der Waals surface area contributed by atoms with Gasteiger partial charge in [-0.25, -0.2) is 13.1 Å². The lowest BCUT2D eigenvalue weighted by Gasteiger charge is -2.37. The number of rotatable bonds is 6. The zero-order valence-electron chi connectivity index (χ0n) is 19.6. The quantitative estimate of drug-likeness (QED) is 0.441. The number of nitrogens with zero attached hydrogens (tertiary/aromatic N) is 1. The first-order chi connectivity index (χ1) is 16.7. The van der Waals surface area contributed by atoms with Gasteiger partial charge >= 0.3 is 0 Å². The molecule has 2 amide bonds. The van der Waals surface area contributed by atoms with Gasteiger partial charge < -0.3 is 10.2 Å². The monoisotopic (exact) mass is 557 g/mol. The maximum atomic E-state index is 13.4. The molecule has 3 aromatic carbocycles. The van der Waals surface area contributed by atoms with E-state index in [9.17, 15) is 18.0 Å². The smallest absolute Gasteiger partial charge is 0.255 e. The molecule has 4 rings (SSSR count). The SMILES string of the molecule is Cc1ccccc1C(=O)Nc1ccc(S(=O)(=O)N[C@@H]2CCN(C(=O)CBr)C[C@@H]2C)c2ccccc12. The zero-order valence-corrected chi connectivity index (χ0v) is 22.0. The molecule has 2 atom stereocenters. The molecular weight excluding hydrogens is 530 g/mol. The van der Waals surface area contributed by atoms with E-state index in [0.29, 0.717) is 41.5 Å². The number of anilines is 1. The minimum atomic E-state index is -3.84. The Morgan fingerprint density at radius 1 is 1.03 bits per heavy atom. The number of amides is 2. The Hall–Kier alpha value is -2.75. The summed E-state index contributed by atoms with van der Waals surface area (Å²) in [7, 11) is -3.84. The average Bonchev–Trinajstić information content (AvgIpc) is 2.85. The lowest BCUT2D eigenvalue weighted by molar-refractivity contribution is -0.130. The number of alkyl halides is 1. The van der Waals surface area contributed by atoms with E-state index in [-0.39, 0.29) is 34.0 Å². The minimum absolute atomic E-state index is 0.00693. The van der Waals surface area contributed by atoms with Crippen LogP contribution in [0.25, 0.3) is 10.8 Å². The first-order valence-electron chi connectivity index (χ1n) is 11.5. The molecule has 2 N–H and O–H groups in total. The van der Waals surface area contributed by atoms with Crippen LogP contribution in [0.4, 0.5) is 5.69 Å². The van der Waals surface area contributed by atoms with E-state index < -0.39 is 10.0 Å². The van der Waals surface area contributed by atoms with Crippen LogP contribution in [0, 0.1) is 12.8 Å². The third kappa shape index (κ3) is 5.42. The highest BCUT2D eigenvalue weighted by molar-refractivity contribution is 9.09. The van der Waals surface area contributed by atoms with E-state index in [1.807, 2.05) is 38.1 Å². The molecule has 0 spiro atoms. The van der Waals surface area contributed by atoms with Crippen molar-refractivity contribution in [2.75, 3.05) is 23.7 Å². The lowest BCUT2D eigenvalue weighted by atomic mass is 9.95. The summed E-state index contributed by atoms with van der Waals surface area (Å²) in [5.74, 6) is -0.270. The van der Waals surface area contributed by atoms with Gasteiger partial charge in [-0.05, 0) is 43.0 Å². The van der Waals surface area contributed by atoms with Crippen molar-refractivity contribution in [2.24, 2.45) is 5.92 Å². The largest absolute Gasteiger partial charge is 0.342 e. The third-order valence-corrected chi connectivity index (χ3v) is 8.52. The fourth-order valence-electron chi connectivity index (χ4n) is 4.53. The molecule has 0 unspecified atom stereocenters. The van der Waals surface area contributed by atoms with Gasteiger partial charge in [-0.2, -0.15) is 0 Å². The van der Waals surface area contributed by atoms with Crippen LogP contribution in [-0.4, -0.2) is 49.6 Å². The van der Waals surface area contributed by atoms with Crippen LogP contribution in [0.2, 0.25) is 0 Å². The van der Waals surface area contributed by atoms with Crippen molar-refractivity contribution in [1.82, 2.24) is 9.62 Å². The Morgan fingerprint density at radius 3 is 2.40 bits per heavy atom. The van der Waals surface area contributed by atoms with Gasteiger partial charge in [0.25, 0.3) is 5.91 Å². The second-order valence-electron chi connectivity index (χ2n) is 8.89. The van der Waals surface area contributed by atoms with Crippen LogP contribution < -0.4 is 10.0 Å². The molecule has 0 saturated carbocycles. The number of benzene rings is 3. The second kappa shape index (κ2) is 10.5.